The van der Waals surface area contributed by atoms with Crippen molar-refractivity contribution in [1.82, 2.24) is 4.90 Å². The highest BCUT2D eigenvalue weighted by Gasteiger charge is 2.36. The Labute approximate surface area is 108 Å². The van der Waals surface area contributed by atoms with Gasteiger partial charge in [0.25, 0.3) is 0 Å². The van der Waals surface area contributed by atoms with Gasteiger partial charge in [0.15, 0.2) is 0 Å². The molecule has 0 aromatic heterocycles. The summed E-state index contributed by atoms with van der Waals surface area (Å²) >= 11 is 0. The summed E-state index contributed by atoms with van der Waals surface area (Å²) in [6.45, 7) is 3.95. The molecule has 1 fully saturated rings. The van der Waals surface area contributed by atoms with E-state index in [1.807, 2.05) is 13.0 Å². The molecule has 0 bridgehead atoms. The van der Waals surface area contributed by atoms with Crippen molar-refractivity contribution >= 4 is 11.9 Å². The predicted octanol–water partition coefficient (Wildman–Crippen LogP) is 1.48. The number of rotatable bonds is 7. The van der Waals surface area contributed by atoms with Gasteiger partial charge in [0.2, 0.25) is 5.91 Å². The van der Waals surface area contributed by atoms with Crippen LogP contribution in [0, 0.1) is 17.2 Å². The summed E-state index contributed by atoms with van der Waals surface area (Å²) in [5.41, 5.74) is 0. The van der Waals surface area contributed by atoms with Gasteiger partial charge in [0.05, 0.1) is 12.7 Å². The highest BCUT2D eigenvalue weighted by Crippen LogP contribution is 2.28. The third kappa shape index (κ3) is 4.02. The minimum absolute atomic E-state index is 0.0285. The molecule has 5 heteroatoms. The van der Waals surface area contributed by atoms with Crippen molar-refractivity contribution in [3.8, 4) is 6.07 Å². The van der Waals surface area contributed by atoms with Crippen molar-refractivity contribution in [2.75, 3.05) is 13.2 Å². The summed E-state index contributed by atoms with van der Waals surface area (Å²) in [5, 5.41) is 9.00. The van der Waals surface area contributed by atoms with Gasteiger partial charge in [0, 0.05) is 6.04 Å². The molecular weight excluding hydrogens is 232 g/mol. The lowest BCUT2D eigenvalue weighted by Gasteiger charge is -2.23. The molecule has 1 aliphatic rings. The number of carbonyl (C=O) groups excluding carboxylic acids is 2. The van der Waals surface area contributed by atoms with Crippen LogP contribution >= 0.6 is 0 Å². The van der Waals surface area contributed by atoms with Crippen LogP contribution in [0.4, 0.5) is 0 Å². The van der Waals surface area contributed by atoms with E-state index in [1.165, 1.54) is 4.90 Å². The fourth-order valence-corrected chi connectivity index (χ4v) is 1.85. The first-order chi connectivity index (χ1) is 8.63. The van der Waals surface area contributed by atoms with Gasteiger partial charge in [-0.2, -0.15) is 5.26 Å². The molecule has 1 atom stereocenters. The van der Waals surface area contributed by atoms with Crippen LogP contribution < -0.4 is 0 Å². The molecule has 0 N–H and O–H groups in total. The number of amides is 1. The van der Waals surface area contributed by atoms with E-state index in [-0.39, 0.29) is 18.5 Å². The molecule has 0 saturated heterocycles. The van der Waals surface area contributed by atoms with E-state index in [9.17, 15) is 9.59 Å². The first-order valence-corrected chi connectivity index (χ1v) is 6.49. The van der Waals surface area contributed by atoms with Gasteiger partial charge in [-0.15, -0.1) is 0 Å². The van der Waals surface area contributed by atoms with Gasteiger partial charge in [-0.3, -0.25) is 9.59 Å². The highest BCUT2D eigenvalue weighted by atomic mass is 16.5. The maximum atomic E-state index is 12.2. The summed E-state index contributed by atoms with van der Waals surface area (Å²) in [6.07, 6.45) is 3.15. The van der Waals surface area contributed by atoms with E-state index >= 15 is 0 Å². The number of nitriles is 1. The lowest BCUT2D eigenvalue weighted by atomic mass is 10.0. The van der Waals surface area contributed by atoms with Crippen LogP contribution in [0.3, 0.4) is 0 Å². The van der Waals surface area contributed by atoms with Crippen molar-refractivity contribution in [3.63, 3.8) is 0 Å². The van der Waals surface area contributed by atoms with Crippen LogP contribution in [0.25, 0.3) is 0 Å². The van der Waals surface area contributed by atoms with E-state index in [1.54, 1.807) is 6.92 Å². The quantitative estimate of drug-likeness (QED) is 0.643. The zero-order valence-corrected chi connectivity index (χ0v) is 11.0. The molecular formula is C13H20N2O3. The Balaban J connectivity index is 2.63. The summed E-state index contributed by atoms with van der Waals surface area (Å²) in [7, 11) is 0. The molecule has 5 nitrogen and oxygen atoms in total. The van der Waals surface area contributed by atoms with Gasteiger partial charge in [-0.25, -0.2) is 0 Å². The zero-order chi connectivity index (χ0) is 13.5. The first kappa shape index (κ1) is 14.5. The number of carbonyl (C=O) groups is 2. The van der Waals surface area contributed by atoms with E-state index in [0.29, 0.717) is 13.0 Å². The molecule has 1 unspecified atom stereocenters. The van der Waals surface area contributed by atoms with E-state index in [2.05, 4.69) is 0 Å². The molecule has 18 heavy (non-hydrogen) atoms. The van der Waals surface area contributed by atoms with Crippen LogP contribution in [0.15, 0.2) is 0 Å². The second-order valence-corrected chi connectivity index (χ2v) is 4.47. The second-order valence-electron chi connectivity index (χ2n) is 4.47. The molecule has 0 aromatic rings. The molecule has 0 spiro atoms. The second kappa shape index (κ2) is 7.00. The molecule has 100 valence electrons. The number of nitrogens with zero attached hydrogens (tertiary/aromatic N) is 2. The lowest BCUT2D eigenvalue weighted by Crippen LogP contribution is -2.41. The van der Waals surface area contributed by atoms with Crippen LogP contribution in [-0.2, 0) is 14.3 Å². The fraction of sp³-hybridized carbons (Fsp3) is 0.769. The molecule has 0 heterocycles. The average molecular weight is 252 g/mol. The van der Waals surface area contributed by atoms with E-state index in [0.717, 1.165) is 19.3 Å². The Morgan fingerprint density at radius 3 is 2.56 bits per heavy atom. The Morgan fingerprint density at radius 2 is 2.11 bits per heavy atom. The average Bonchev–Trinajstić information content (AvgIpc) is 3.16. The molecule has 0 aliphatic heterocycles. The third-order valence-electron chi connectivity index (χ3n) is 2.91. The molecule has 1 rings (SSSR count). The van der Waals surface area contributed by atoms with Crippen LogP contribution in [0.2, 0.25) is 0 Å². The minimum atomic E-state index is -0.634. The van der Waals surface area contributed by atoms with E-state index < -0.39 is 11.9 Å². The largest absolute Gasteiger partial charge is 0.465 e. The summed E-state index contributed by atoms with van der Waals surface area (Å²) < 4.78 is 4.86. The molecule has 1 amide bonds. The summed E-state index contributed by atoms with van der Waals surface area (Å²) in [6, 6.07) is 2.15. The SMILES string of the molecule is CCCC(C#N)C(=O)N(CC(=O)OCC)C1CC1. The van der Waals surface area contributed by atoms with Gasteiger partial charge in [-0.05, 0) is 26.2 Å². The van der Waals surface area contributed by atoms with Crippen molar-refractivity contribution in [2.24, 2.45) is 5.92 Å². The number of ether oxygens (including phenoxy) is 1. The van der Waals surface area contributed by atoms with Gasteiger partial charge in [0.1, 0.15) is 12.5 Å². The Morgan fingerprint density at radius 1 is 1.44 bits per heavy atom. The normalized spacial score (nSPS) is 15.6. The van der Waals surface area contributed by atoms with Gasteiger partial charge in [-0.1, -0.05) is 13.3 Å². The maximum absolute atomic E-state index is 12.2. The van der Waals surface area contributed by atoms with Crippen molar-refractivity contribution in [3.05, 3.63) is 0 Å². The molecule has 0 aromatic carbocycles. The van der Waals surface area contributed by atoms with Crippen molar-refractivity contribution in [1.29, 1.82) is 5.26 Å². The summed E-state index contributed by atoms with van der Waals surface area (Å²) in [5.74, 6) is -1.26. The van der Waals surface area contributed by atoms with Crippen molar-refractivity contribution in [2.45, 2.75) is 45.6 Å². The first-order valence-electron chi connectivity index (χ1n) is 6.49. The monoisotopic (exact) mass is 252 g/mol. The predicted molar refractivity (Wildman–Crippen MR) is 65.4 cm³/mol. The smallest absolute Gasteiger partial charge is 0.325 e. The molecule has 1 aliphatic carbocycles. The number of hydrogen-bond donors (Lipinski definition) is 0. The number of esters is 1. The molecule has 0 radical (unpaired) electrons. The van der Waals surface area contributed by atoms with Crippen molar-refractivity contribution < 1.29 is 14.3 Å². The van der Waals surface area contributed by atoms with Gasteiger partial charge < -0.3 is 9.64 Å². The van der Waals surface area contributed by atoms with Crippen LogP contribution in [0.5, 0.6) is 0 Å². The van der Waals surface area contributed by atoms with Crippen LogP contribution in [-0.4, -0.2) is 36.0 Å². The Bertz CT molecular complexity index is 345. The fourth-order valence-electron chi connectivity index (χ4n) is 1.85. The highest BCUT2D eigenvalue weighted by molar-refractivity contribution is 5.85. The lowest BCUT2D eigenvalue weighted by molar-refractivity contribution is -0.150. The summed E-state index contributed by atoms with van der Waals surface area (Å²) in [4.78, 5) is 25.2. The Hall–Kier alpha value is -1.57. The van der Waals surface area contributed by atoms with E-state index in [4.69, 9.17) is 10.00 Å². The maximum Gasteiger partial charge on any atom is 0.325 e. The van der Waals surface area contributed by atoms with Gasteiger partial charge >= 0.3 is 5.97 Å². The third-order valence-corrected chi connectivity index (χ3v) is 2.91. The molecule has 1 saturated carbocycles. The van der Waals surface area contributed by atoms with Crippen LogP contribution in [0.1, 0.15) is 39.5 Å². The zero-order valence-electron chi connectivity index (χ0n) is 11.0. The Kier molecular flexibility index (Phi) is 5.63. The number of hydrogen-bond acceptors (Lipinski definition) is 4. The topological polar surface area (TPSA) is 70.4 Å². The standard InChI is InChI=1S/C13H20N2O3/c1-3-5-10(8-14)13(17)15(11-6-7-11)9-12(16)18-4-2/h10-11H,3-7,9H2,1-2H3. The minimum Gasteiger partial charge on any atom is -0.465 e.